The molecule has 0 aromatic heterocycles. The maximum Gasteiger partial charge on any atom is 0.255 e. The molecule has 2 aromatic carbocycles. The fraction of sp³-hybridized carbons (Fsp3) is 0. The van der Waals surface area contributed by atoms with E-state index in [1.807, 2.05) is 6.07 Å². The average Bonchev–Trinajstić information content (AvgIpc) is 2.43. The summed E-state index contributed by atoms with van der Waals surface area (Å²) in [7, 11) is 0. The molecule has 0 aliphatic rings. The number of hydrogen-bond acceptors (Lipinski definition) is 2. The zero-order chi connectivity index (χ0) is 13.8. The second-order valence-electron chi connectivity index (χ2n) is 3.77. The Morgan fingerprint density at radius 3 is 2.53 bits per heavy atom. The number of anilines is 1. The van der Waals surface area contributed by atoms with Gasteiger partial charge >= 0.3 is 0 Å². The van der Waals surface area contributed by atoms with Crippen molar-refractivity contribution >= 4 is 27.5 Å². The third kappa shape index (κ3) is 3.18. The van der Waals surface area contributed by atoms with Gasteiger partial charge < -0.3 is 5.32 Å². The molecule has 0 saturated heterocycles. The van der Waals surface area contributed by atoms with Crippen molar-refractivity contribution in [2.24, 2.45) is 0 Å². The van der Waals surface area contributed by atoms with E-state index in [0.29, 0.717) is 15.6 Å². The van der Waals surface area contributed by atoms with Crippen molar-refractivity contribution in [1.82, 2.24) is 0 Å². The van der Waals surface area contributed by atoms with Crippen LogP contribution in [0, 0.1) is 17.1 Å². The number of rotatable bonds is 2. The second kappa shape index (κ2) is 5.63. The molecule has 0 unspecified atom stereocenters. The number of nitrogens with one attached hydrogen (secondary N) is 1. The van der Waals surface area contributed by atoms with Crippen LogP contribution in [0.5, 0.6) is 0 Å². The van der Waals surface area contributed by atoms with Crippen LogP contribution in [0.4, 0.5) is 10.1 Å². The Morgan fingerprint density at radius 1 is 1.21 bits per heavy atom. The lowest BCUT2D eigenvalue weighted by Crippen LogP contribution is -2.12. The van der Waals surface area contributed by atoms with Gasteiger partial charge in [0, 0.05) is 10.0 Å². The van der Waals surface area contributed by atoms with Crippen LogP contribution in [-0.4, -0.2) is 5.91 Å². The monoisotopic (exact) mass is 318 g/mol. The SMILES string of the molecule is N#Cc1ccc(C(=O)Nc2cc(Br)ccc2F)cc1. The molecule has 0 radical (unpaired) electrons. The highest BCUT2D eigenvalue weighted by molar-refractivity contribution is 9.10. The van der Waals surface area contributed by atoms with Crippen LogP contribution in [0.25, 0.3) is 0 Å². The van der Waals surface area contributed by atoms with E-state index in [2.05, 4.69) is 21.2 Å². The lowest BCUT2D eigenvalue weighted by molar-refractivity contribution is 0.102. The van der Waals surface area contributed by atoms with Crippen molar-refractivity contribution in [3.8, 4) is 6.07 Å². The summed E-state index contributed by atoms with van der Waals surface area (Å²) in [4.78, 5) is 11.9. The lowest BCUT2D eigenvalue weighted by Gasteiger charge is -2.07. The average molecular weight is 319 g/mol. The molecular weight excluding hydrogens is 311 g/mol. The van der Waals surface area contributed by atoms with Gasteiger partial charge in [0.25, 0.3) is 5.91 Å². The maximum absolute atomic E-state index is 13.5. The summed E-state index contributed by atoms with van der Waals surface area (Å²) in [6.07, 6.45) is 0. The number of amides is 1. The first-order valence-corrected chi connectivity index (χ1v) is 6.16. The molecular formula is C14H8BrFN2O. The molecule has 0 spiro atoms. The molecule has 5 heteroatoms. The number of halogens is 2. The zero-order valence-corrected chi connectivity index (χ0v) is 11.2. The Kier molecular flexibility index (Phi) is 3.93. The van der Waals surface area contributed by atoms with Crippen LogP contribution in [0.2, 0.25) is 0 Å². The molecule has 1 N–H and O–H groups in total. The molecule has 0 saturated carbocycles. The van der Waals surface area contributed by atoms with E-state index in [1.165, 1.54) is 36.4 Å². The van der Waals surface area contributed by atoms with E-state index >= 15 is 0 Å². The number of benzene rings is 2. The van der Waals surface area contributed by atoms with Gasteiger partial charge in [-0.05, 0) is 42.5 Å². The molecule has 0 heterocycles. The van der Waals surface area contributed by atoms with Gasteiger partial charge in [-0.2, -0.15) is 5.26 Å². The van der Waals surface area contributed by atoms with Crippen molar-refractivity contribution in [2.75, 3.05) is 5.32 Å². The lowest BCUT2D eigenvalue weighted by atomic mass is 10.1. The minimum atomic E-state index is -0.509. The zero-order valence-electron chi connectivity index (χ0n) is 9.65. The highest BCUT2D eigenvalue weighted by Gasteiger charge is 2.09. The minimum absolute atomic E-state index is 0.101. The summed E-state index contributed by atoms with van der Waals surface area (Å²) in [5.41, 5.74) is 0.923. The second-order valence-corrected chi connectivity index (χ2v) is 4.68. The van der Waals surface area contributed by atoms with E-state index in [0.717, 1.165) is 0 Å². The number of nitrogens with zero attached hydrogens (tertiary/aromatic N) is 1. The summed E-state index contributed by atoms with van der Waals surface area (Å²) in [6.45, 7) is 0. The fourth-order valence-corrected chi connectivity index (χ4v) is 1.84. The summed E-state index contributed by atoms with van der Waals surface area (Å²) in [5.74, 6) is -0.938. The fourth-order valence-electron chi connectivity index (χ4n) is 1.48. The van der Waals surface area contributed by atoms with Crippen molar-refractivity contribution < 1.29 is 9.18 Å². The molecule has 94 valence electrons. The third-order valence-corrected chi connectivity index (χ3v) is 2.95. The summed E-state index contributed by atoms with van der Waals surface area (Å²) in [6, 6.07) is 12.4. The minimum Gasteiger partial charge on any atom is -0.319 e. The van der Waals surface area contributed by atoms with E-state index in [1.54, 1.807) is 6.07 Å². The highest BCUT2D eigenvalue weighted by atomic mass is 79.9. The van der Waals surface area contributed by atoms with E-state index in [9.17, 15) is 9.18 Å². The van der Waals surface area contributed by atoms with Gasteiger partial charge in [-0.15, -0.1) is 0 Å². The first-order valence-electron chi connectivity index (χ1n) is 5.37. The van der Waals surface area contributed by atoms with Crippen molar-refractivity contribution in [1.29, 1.82) is 5.26 Å². The quantitative estimate of drug-likeness (QED) is 0.917. The van der Waals surface area contributed by atoms with Crippen LogP contribution < -0.4 is 5.32 Å². The van der Waals surface area contributed by atoms with Crippen molar-refractivity contribution in [2.45, 2.75) is 0 Å². The summed E-state index contributed by atoms with van der Waals surface area (Å²) in [5, 5.41) is 11.1. The van der Waals surface area contributed by atoms with E-state index in [-0.39, 0.29) is 5.69 Å². The number of nitriles is 1. The predicted molar refractivity (Wildman–Crippen MR) is 73.2 cm³/mol. The first-order chi connectivity index (χ1) is 9.10. The highest BCUT2D eigenvalue weighted by Crippen LogP contribution is 2.20. The van der Waals surface area contributed by atoms with Gasteiger partial charge in [0.05, 0.1) is 17.3 Å². The smallest absolute Gasteiger partial charge is 0.255 e. The Morgan fingerprint density at radius 2 is 1.89 bits per heavy atom. The number of carbonyl (C=O) groups is 1. The third-order valence-electron chi connectivity index (χ3n) is 2.45. The van der Waals surface area contributed by atoms with Gasteiger partial charge in [0.2, 0.25) is 0 Å². The first kappa shape index (κ1) is 13.2. The molecule has 0 fully saturated rings. The summed E-state index contributed by atoms with van der Waals surface area (Å²) >= 11 is 3.21. The van der Waals surface area contributed by atoms with Crippen LogP contribution in [0.1, 0.15) is 15.9 Å². The Labute approximate surface area is 117 Å². The Hall–Kier alpha value is -2.19. The Balaban J connectivity index is 2.21. The molecule has 0 aliphatic heterocycles. The normalized spacial score (nSPS) is 9.74. The molecule has 0 atom stereocenters. The molecule has 19 heavy (non-hydrogen) atoms. The molecule has 0 bridgehead atoms. The van der Waals surface area contributed by atoms with Crippen molar-refractivity contribution in [3.63, 3.8) is 0 Å². The van der Waals surface area contributed by atoms with E-state index < -0.39 is 11.7 Å². The van der Waals surface area contributed by atoms with Crippen LogP contribution >= 0.6 is 15.9 Å². The van der Waals surface area contributed by atoms with Gasteiger partial charge in [-0.1, -0.05) is 15.9 Å². The van der Waals surface area contributed by atoms with Crippen LogP contribution in [0.3, 0.4) is 0 Å². The van der Waals surface area contributed by atoms with E-state index in [4.69, 9.17) is 5.26 Å². The number of carbonyl (C=O) groups excluding carboxylic acids is 1. The van der Waals surface area contributed by atoms with Gasteiger partial charge in [-0.3, -0.25) is 4.79 Å². The largest absolute Gasteiger partial charge is 0.319 e. The van der Waals surface area contributed by atoms with Crippen molar-refractivity contribution in [3.05, 3.63) is 63.9 Å². The Bertz CT molecular complexity index is 662. The molecule has 0 aliphatic carbocycles. The van der Waals surface area contributed by atoms with Gasteiger partial charge in [-0.25, -0.2) is 4.39 Å². The van der Waals surface area contributed by atoms with Crippen LogP contribution in [-0.2, 0) is 0 Å². The molecule has 2 aromatic rings. The maximum atomic E-state index is 13.5. The predicted octanol–water partition coefficient (Wildman–Crippen LogP) is 3.71. The standard InChI is InChI=1S/C14H8BrFN2O/c15-11-5-6-12(16)13(7-11)18-14(19)10-3-1-9(8-17)2-4-10/h1-7H,(H,18,19). The number of hydrogen-bond donors (Lipinski definition) is 1. The summed E-state index contributed by atoms with van der Waals surface area (Å²) < 4.78 is 14.2. The molecule has 1 amide bonds. The molecule has 3 nitrogen and oxygen atoms in total. The topological polar surface area (TPSA) is 52.9 Å². The van der Waals surface area contributed by atoms with Gasteiger partial charge in [0.1, 0.15) is 5.82 Å². The van der Waals surface area contributed by atoms with Crippen LogP contribution in [0.15, 0.2) is 46.9 Å². The molecule has 2 rings (SSSR count). The van der Waals surface area contributed by atoms with Gasteiger partial charge in [0.15, 0.2) is 0 Å².